The van der Waals surface area contributed by atoms with Crippen molar-refractivity contribution in [2.24, 2.45) is 29.1 Å². The number of hydrogen-bond donors (Lipinski definition) is 0. The molecule has 2 nitrogen and oxygen atoms in total. The highest BCUT2D eigenvalue weighted by Crippen LogP contribution is 2.50. The van der Waals surface area contributed by atoms with Crippen LogP contribution in [-0.4, -0.2) is 31.8 Å². The van der Waals surface area contributed by atoms with Gasteiger partial charge < -0.3 is 9.47 Å². The summed E-state index contributed by atoms with van der Waals surface area (Å²) in [6.07, 6.45) is 5.30. The molecule has 0 aromatic heterocycles. The summed E-state index contributed by atoms with van der Waals surface area (Å²) in [6.45, 7) is 13.2. The molecular weight excluding hydrogens is 370 g/mol. The Morgan fingerprint density at radius 3 is 2.00 bits per heavy atom. The lowest BCUT2D eigenvalue weighted by atomic mass is 9.58. The molecule has 0 amide bonds. The summed E-state index contributed by atoms with van der Waals surface area (Å²) < 4.78 is 39.2. The first-order valence-corrected chi connectivity index (χ1v) is 11.2. The molecule has 0 saturated heterocycles. The largest absolute Gasteiger partial charge is 0.381 e. The molecule has 0 N–H and O–H groups in total. The van der Waals surface area contributed by atoms with E-state index in [9.17, 15) is 8.78 Å². The fraction of sp³-hybridized carbons (Fsp3) is 1.00. The van der Waals surface area contributed by atoms with Crippen molar-refractivity contribution in [3.8, 4) is 0 Å². The predicted molar refractivity (Wildman–Crippen MR) is 110 cm³/mol. The van der Waals surface area contributed by atoms with Crippen LogP contribution in [0.3, 0.4) is 0 Å². The highest BCUT2D eigenvalue weighted by atomic mass is 35.5. The van der Waals surface area contributed by atoms with Crippen molar-refractivity contribution in [1.82, 2.24) is 0 Å². The average Bonchev–Trinajstić information content (AvgIpc) is 2.58. The Morgan fingerprint density at radius 2 is 1.56 bits per heavy atom. The van der Waals surface area contributed by atoms with E-state index in [2.05, 4.69) is 34.6 Å². The van der Waals surface area contributed by atoms with Crippen LogP contribution in [0.5, 0.6) is 0 Å². The van der Waals surface area contributed by atoms with Crippen molar-refractivity contribution in [2.75, 3.05) is 26.4 Å². The van der Waals surface area contributed by atoms with Gasteiger partial charge in [0.1, 0.15) is 0 Å². The minimum Gasteiger partial charge on any atom is -0.381 e. The number of ether oxygens (including phenoxy) is 2. The first kappa shape index (κ1) is 25.1. The summed E-state index contributed by atoms with van der Waals surface area (Å²) in [7, 11) is 0. The van der Waals surface area contributed by atoms with Crippen LogP contribution in [0.1, 0.15) is 79.6 Å². The average molecular weight is 411 g/mol. The fourth-order valence-electron chi connectivity index (χ4n) is 4.72. The maximum Gasteiger partial charge on any atom is 0.321 e. The molecule has 1 saturated carbocycles. The Labute approximate surface area is 170 Å². The highest BCUT2D eigenvalue weighted by Gasteiger charge is 2.47. The molecule has 27 heavy (non-hydrogen) atoms. The van der Waals surface area contributed by atoms with E-state index in [1.807, 2.05) is 0 Å². The van der Waals surface area contributed by atoms with Gasteiger partial charge in [-0.1, -0.05) is 41.0 Å². The Balaban J connectivity index is 3.16. The van der Waals surface area contributed by atoms with Gasteiger partial charge in [-0.3, -0.25) is 0 Å². The van der Waals surface area contributed by atoms with Gasteiger partial charge in [-0.05, 0) is 67.4 Å². The molecule has 3 atom stereocenters. The smallest absolute Gasteiger partial charge is 0.321 e. The van der Waals surface area contributed by atoms with Gasteiger partial charge in [-0.2, -0.15) is 8.78 Å². The van der Waals surface area contributed by atoms with E-state index in [4.69, 9.17) is 21.1 Å². The van der Waals surface area contributed by atoms with Crippen LogP contribution in [0.4, 0.5) is 8.78 Å². The lowest BCUT2D eigenvalue weighted by molar-refractivity contribution is -0.104. The minimum atomic E-state index is -3.17. The molecule has 3 unspecified atom stereocenters. The molecule has 1 fully saturated rings. The van der Waals surface area contributed by atoms with Crippen LogP contribution in [0.2, 0.25) is 0 Å². The first-order chi connectivity index (χ1) is 12.6. The van der Waals surface area contributed by atoms with Gasteiger partial charge in [0.05, 0.1) is 13.2 Å². The Kier molecular flexibility index (Phi) is 11.1. The second-order valence-electron chi connectivity index (χ2n) is 9.02. The summed E-state index contributed by atoms with van der Waals surface area (Å²) in [6, 6.07) is 0. The maximum absolute atomic E-state index is 13.6. The standard InChI is InChI=1S/C22H41ClF2O2/c1-6-12-26-15-21(16-27-13-7-2,10-11-22(23,24)25)20-14-18(5)8-9-19(20)17(3)4/h17-20H,6-16H2,1-5H3. The summed E-state index contributed by atoms with van der Waals surface area (Å²) in [4.78, 5) is 0. The van der Waals surface area contributed by atoms with Crippen molar-refractivity contribution < 1.29 is 18.3 Å². The lowest BCUT2D eigenvalue weighted by Crippen LogP contribution is -2.47. The molecule has 1 aliphatic carbocycles. The number of hydrogen-bond acceptors (Lipinski definition) is 2. The molecule has 0 bridgehead atoms. The van der Waals surface area contributed by atoms with Gasteiger partial charge in [0, 0.05) is 25.0 Å². The summed E-state index contributed by atoms with van der Waals surface area (Å²) in [5.41, 5.74) is -0.397. The monoisotopic (exact) mass is 410 g/mol. The fourth-order valence-corrected chi connectivity index (χ4v) is 4.82. The summed E-state index contributed by atoms with van der Waals surface area (Å²) in [5, 5.41) is -3.17. The van der Waals surface area contributed by atoms with E-state index < -0.39 is 10.8 Å². The van der Waals surface area contributed by atoms with Crippen LogP contribution < -0.4 is 0 Å². The number of halogens is 3. The number of rotatable bonds is 13. The van der Waals surface area contributed by atoms with Crippen molar-refractivity contribution in [1.29, 1.82) is 0 Å². The van der Waals surface area contributed by atoms with Crippen LogP contribution in [0.25, 0.3) is 0 Å². The third-order valence-corrected chi connectivity index (χ3v) is 6.38. The van der Waals surface area contributed by atoms with Gasteiger partial charge >= 0.3 is 5.38 Å². The minimum absolute atomic E-state index is 0.324. The summed E-state index contributed by atoms with van der Waals surface area (Å²) >= 11 is 5.31. The molecule has 5 heteroatoms. The van der Waals surface area contributed by atoms with E-state index in [1.165, 1.54) is 6.42 Å². The molecule has 0 spiro atoms. The SMILES string of the molecule is CCCOCC(CCC(F)(F)Cl)(COCCC)C1CC(C)CCC1C(C)C. The van der Waals surface area contributed by atoms with E-state index >= 15 is 0 Å². The second kappa shape index (κ2) is 11.9. The van der Waals surface area contributed by atoms with Crippen LogP contribution in [-0.2, 0) is 9.47 Å². The Hall–Kier alpha value is 0.0700. The second-order valence-corrected chi connectivity index (χ2v) is 9.57. The molecule has 0 aromatic carbocycles. The maximum atomic E-state index is 13.6. The molecule has 0 heterocycles. The van der Waals surface area contributed by atoms with Gasteiger partial charge in [0.2, 0.25) is 0 Å². The van der Waals surface area contributed by atoms with Gasteiger partial charge in [0.25, 0.3) is 0 Å². The van der Waals surface area contributed by atoms with Crippen LogP contribution in [0, 0.1) is 29.1 Å². The van der Waals surface area contributed by atoms with Crippen molar-refractivity contribution in [2.45, 2.75) is 84.9 Å². The van der Waals surface area contributed by atoms with E-state index in [-0.39, 0.29) is 6.42 Å². The van der Waals surface area contributed by atoms with E-state index in [0.717, 1.165) is 25.7 Å². The molecule has 0 radical (unpaired) electrons. The van der Waals surface area contributed by atoms with Crippen molar-refractivity contribution in [3.05, 3.63) is 0 Å². The Bertz CT molecular complexity index is 388. The number of alkyl halides is 3. The lowest BCUT2D eigenvalue weighted by Gasteiger charge is -2.49. The third-order valence-electron chi connectivity index (χ3n) is 6.19. The molecule has 1 aliphatic rings. The van der Waals surface area contributed by atoms with Crippen LogP contribution in [0.15, 0.2) is 0 Å². The van der Waals surface area contributed by atoms with E-state index in [0.29, 0.717) is 56.5 Å². The first-order valence-electron chi connectivity index (χ1n) is 10.9. The Morgan fingerprint density at radius 1 is 1.00 bits per heavy atom. The highest BCUT2D eigenvalue weighted by molar-refractivity contribution is 6.21. The molecular formula is C22H41ClF2O2. The molecule has 0 aromatic rings. The van der Waals surface area contributed by atoms with Gasteiger partial charge in [-0.25, -0.2) is 0 Å². The van der Waals surface area contributed by atoms with Crippen molar-refractivity contribution >= 4 is 11.6 Å². The zero-order valence-corrected chi connectivity index (χ0v) is 18.8. The van der Waals surface area contributed by atoms with Gasteiger partial charge in [0.15, 0.2) is 0 Å². The quantitative estimate of drug-likeness (QED) is 0.237. The zero-order chi connectivity index (χ0) is 20.5. The molecule has 1 rings (SSSR count). The third kappa shape index (κ3) is 8.53. The summed E-state index contributed by atoms with van der Waals surface area (Å²) in [5.74, 6) is 1.98. The van der Waals surface area contributed by atoms with Gasteiger partial charge in [-0.15, -0.1) is 0 Å². The predicted octanol–water partition coefficient (Wildman–Crippen LogP) is 7.15. The normalized spacial score (nSPS) is 24.6. The molecule has 0 aliphatic heterocycles. The zero-order valence-electron chi connectivity index (χ0n) is 18.0. The van der Waals surface area contributed by atoms with Crippen molar-refractivity contribution in [3.63, 3.8) is 0 Å². The van der Waals surface area contributed by atoms with E-state index in [1.54, 1.807) is 0 Å². The molecule has 162 valence electrons. The topological polar surface area (TPSA) is 18.5 Å². The van der Waals surface area contributed by atoms with Crippen LogP contribution >= 0.6 is 11.6 Å².